The van der Waals surface area contributed by atoms with Gasteiger partial charge in [-0.25, -0.2) is 4.39 Å². The first-order valence-electron chi connectivity index (χ1n) is 6.29. The molecule has 2 aromatic carbocycles. The fourth-order valence-corrected chi connectivity index (χ4v) is 2.08. The Labute approximate surface area is 119 Å². The molecule has 0 spiro atoms. The molecule has 0 bridgehead atoms. The summed E-state index contributed by atoms with van der Waals surface area (Å²) in [6, 6.07) is 12.6. The molecule has 3 aromatic rings. The van der Waals surface area contributed by atoms with E-state index < -0.39 is 11.6 Å². The zero-order valence-corrected chi connectivity index (χ0v) is 10.9. The molecule has 0 aliphatic carbocycles. The van der Waals surface area contributed by atoms with Gasteiger partial charge in [-0.15, -0.1) is 0 Å². The summed E-state index contributed by atoms with van der Waals surface area (Å²) < 4.78 is 13.3. The van der Waals surface area contributed by atoms with Crippen molar-refractivity contribution in [3.8, 4) is 5.75 Å². The molecule has 0 atom stereocenters. The molecule has 1 heterocycles. The smallest absolute Gasteiger partial charge is 0.256 e. The molecule has 1 amide bonds. The molecule has 0 saturated heterocycles. The average molecular weight is 282 g/mol. The lowest BCUT2D eigenvalue weighted by Gasteiger charge is -2.08. The number of anilines is 1. The molecule has 0 radical (unpaired) electrons. The maximum Gasteiger partial charge on any atom is 0.256 e. The van der Waals surface area contributed by atoms with Crippen molar-refractivity contribution in [1.82, 2.24) is 4.98 Å². The number of nitrogens with one attached hydrogen (secondary N) is 1. The van der Waals surface area contributed by atoms with Gasteiger partial charge in [0.2, 0.25) is 0 Å². The first-order valence-corrected chi connectivity index (χ1v) is 6.29. The summed E-state index contributed by atoms with van der Waals surface area (Å²) in [5, 5.41) is 12.5. The van der Waals surface area contributed by atoms with Gasteiger partial charge in [0.1, 0.15) is 0 Å². The van der Waals surface area contributed by atoms with E-state index in [0.717, 1.165) is 11.5 Å². The number of amides is 1. The Morgan fingerprint density at radius 1 is 1.14 bits per heavy atom. The van der Waals surface area contributed by atoms with Crippen molar-refractivity contribution in [1.29, 1.82) is 0 Å². The van der Waals surface area contributed by atoms with E-state index in [4.69, 9.17) is 5.11 Å². The zero-order chi connectivity index (χ0) is 14.8. The number of pyridine rings is 1. The normalized spacial score (nSPS) is 10.5. The summed E-state index contributed by atoms with van der Waals surface area (Å²) in [6.07, 6.45) is 1.55. The molecule has 5 heteroatoms. The third-order valence-corrected chi connectivity index (χ3v) is 3.10. The number of nitrogens with zero attached hydrogens (tertiary/aromatic N) is 1. The van der Waals surface area contributed by atoms with Crippen LogP contribution in [0, 0.1) is 5.82 Å². The van der Waals surface area contributed by atoms with E-state index in [-0.39, 0.29) is 11.6 Å². The van der Waals surface area contributed by atoms with E-state index in [2.05, 4.69) is 10.3 Å². The zero-order valence-electron chi connectivity index (χ0n) is 10.9. The molecule has 0 saturated carbocycles. The summed E-state index contributed by atoms with van der Waals surface area (Å²) in [5.74, 6) is -1.60. The Morgan fingerprint density at radius 3 is 2.76 bits per heavy atom. The average Bonchev–Trinajstić information content (AvgIpc) is 2.50. The molecular formula is C16H11FN2O2. The van der Waals surface area contributed by atoms with Crippen LogP contribution in [0.2, 0.25) is 0 Å². The second-order valence-electron chi connectivity index (χ2n) is 4.50. The third-order valence-electron chi connectivity index (χ3n) is 3.10. The number of aromatic nitrogens is 1. The lowest BCUT2D eigenvalue weighted by Crippen LogP contribution is -2.12. The Kier molecular flexibility index (Phi) is 3.23. The van der Waals surface area contributed by atoms with Crippen molar-refractivity contribution in [3.05, 3.63) is 66.1 Å². The molecule has 21 heavy (non-hydrogen) atoms. The van der Waals surface area contributed by atoms with Crippen LogP contribution in [0.4, 0.5) is 10.1 Å². The van der Waals surface area contributed by atoms with Crippen LogP contribution < -0.4 is 5.32 Å². The second-order valence-corrected chi connectivity index (χ2v) is 4.50. The second kappa shape index (κ2) is 5.20. The molecular weight excluding hydrogens is 271 g/mol. The molecule has 104 valence electrons. The maximum absolute atomic E-state index is 13.3. The Morgan fingerprint density at radius 2 is 1.95 bits per heavy atom. The summed E-state index contributed by atoms with van der Waals surface area (Å²) in [5.41, 5.74) is 1.44. The van der Waals surface area contributed by atoms with Gasteiger partial charge < -0.3 is 10.4 Å². The number of phenols is 1. The van der Waals surface area contributed by atoms with Gasteiger partial charge in [-0.1, -0.05) is 18.2 Å². The van der Waals surface area contributed by atoms with E-state index in [1.165, 1.54) is 12.1 Å². The van der Waals surface area contributed by atoms with Crippen molar-refractivity contribution < 1.29 is 14.3 Å². The van der Waals surface area contributed by atoms with Gasteiger partial charge in [-0.2, -0.15) is 0 Å². The monoisotopic (exact) mass is 282 g/mol. The number of aromatic hydroxyl groups is 1. The number of fused-ring (bicyclic) bond motifs is 1. The van der Waals surface area contributed by atoms with Crippen LogP contribution in [0.25, 0.3) is 10.9 Å². The molecule has 1 aromatic heterocycles. The lowest BCUT2D eigenvalue weighted by atomic mass is 10.1. The fourth-order valence-electron chi connectivity index (χ4n) is 2.08. The molecule has 2 N–H and O–H groups in total. The molecule has 0 unspecified atom stereocenters. The van der Waals surface area contributed by atoms with Crippen LogP contribution in [0.15, 0.2) is 54.7 Å². The summed E-state index contributed by atoms with van der Waals surface area (Å²) in [4.78, 5) is 16.5. The highest BCUT2D eigenvalue weighted by molar-refractivity contribution is 6.12. The SMILES string of the molecule is O=C(Nc1ccc(O)c(F)c1)c1ccnc2ccccc12. The van der Waals surface area contributed by atoms with Gasteiger partial charge in [0, 0.05) is 23.3 Å². The quantitative estimate of drug-likeness (QED) is 0.709. The van der Waals surface area contributed by atoms with E-state index >= 15 is 0 Å². The first-order chi connectivity index (χ1) is 10.1. The van der Waals surface area contributed by atoms with Crippen LogP contribution in [-0.2, 0) is 0 Å². The van der Waals surface area contributed by atoms with Gasteiger partial charge in [-0.3, -0.25) is 9.78 Å². The lowest BCUT2D eigenvalue weighted by molar-refractivity contribution is 0.102. The number of benzene rings is 2. The number of hydrogen-bond donors (Lipinski definition) is 2. The minimum Gasteiger partial charge on any atom is -0.505 e. The number of para-hydroxylation sites is 1. The van der Waals surface area contributed by atoms with Gasteiger partial charge >= 0.3 is 0 Å². The van der Waals surface area contributed by atoms with E-state index in [0.29, 0.717) is 11.1 Å². The Bertz CT molecular complexity index is 828. The molecule has 3 rings (SSSR count). The van der Waals surface area contributed by atoms with Crippen molar-refractivity contribution >= 4 is 22.5 Å². The molecule has 4 nitrogen and oxygen atoms in total. The van der Waals surface area contributed by atoms with Crippen LogP contribution in [0.1, 0.15) is 10.4 Å². The van der Waals surface area contributed by atoms with Crippen molar-refractivity contribution in [2.24, 2.45) is 0 Å². The number of carbonyl (C=O) groups is 1. The predicted molar refractivity (Wildman–Crippen MR) is 77.8 cm³/mol. The predicted octanol–water partition coefficient (Wildman–Crippen LogP) is 3.33. The largest absolute Gasteiger partial charge is 0.505 e. The topological polar surface area (TPSA) is 62.2 Å². The highest BCUT2D eigenvalue weighted by Crippen LogP contribution is 2.21. The number of carbonyl (C=O) groups excluding carboxylic acids is 1. The van der Waals surface area contributed by atoms with Crippen molar-refractivity contribution in [2.45, 2.75) is 0 Å². The van der Waals surface area contributed by atoms with E-state index in [1.54, 1.807) is 18.3 Å². The number of hydrogen-bond acceptors (Lipinski definition) is 3. The number of halogens is 1. The van der Waals surface area contributed by atoms with Crippen molar-refractivity contribution in [3.63, 3.8) is 0 Å². The van der Waals surface area contributed by atoms with Crippen LogP contribution in [-0.4, -0.2) is 16.0 Å². The van der Waals surface area contributed by atoms with E-state index in [1.807, 2.05) is 18.2 Å². The van der Waals surface area contributed by atoms with Crippen molar-refractivity contribution in [2.75, 3.05) is 5.32 Å². The van der Waals surface area contributed by atoms with E-state index in [9.17, 15) is 9.18 Å². The minimum absolute atomic E-state index is 0.274. The first kappa shape index (κ1) is 13.1. The third kappa shape index (κ3) is 2.53. The molecule has 0 aliphatic heterocycles. The molecule has 0 fully saturated rings. The highest BCUT2D eigenvalue weighted by atomic mass is 19.1. The Hall–Kier alpha value is -2.95. The van der Waals surface area contributed by atoms with Gasteiger partial charge in [-0.05, 0) is 24.3 Å². The molecule has 0 aliphatic rings. The summed E-state index contributed by atoms with van der Waals surface area (Å²) >= 11 is 0. The van der Waals surface area contributed by atoms with Gasteiger partial charge in [0.25, 0.3) is 5.91 Å². The summed E-state index contributed by atoms with van der Waals surface area (Å²) in [6.45, 7) is 0. The van der Waals surface area contributed by atoms with Crippen LogP contribution >= 0.6 is 0 Å². The summed E-state index contributed by atoms with van der Waals surface area (Å²) in [7, 11) is 0. The fraction of sp³-hybridized carbons (Fsp3) is 0. The number of phenolic OH excluding ortho intramolecular Hbond substituents is 1. The Balaban J connectivity index is 1.95. The van der Waals surface area contributed by atoms with Crippen LogP contribution in [0.5, 0.6) is 5.75 Å². The van der Waals surface area contributed by atoms with Gasteiger partial charge in [0.15, 0.2) is 11.6 Å². The van der Waals surface area contributed by atoms with Crippen LogP contribution in [0.3, 0.4) is 0 Å². The highest BCUT2D eigenvalue weighted by Gasteiger charge is 2.11. The standard InChI is InChI=1S/C16H11FN2O2/c17-13-9-10(5-6-15(13)20)19-16(21)12-7-8-18-14-4-2-1-3-11(12)14/h1-9,20H,(H,19,21). The van der Waals surface area contributed by atoms with Gasteiger partial charge in [0.05, 0.1) is 11.1 Å². The minimum atomic E-state index is -0.785. The number of rotatable bonds is 2. The maximum atomic E-state index is 13.3.